The minimum absolute atomic E-state index is 0.301. The van der Waals surface area contributed by atoms with Crippen LogP contribution in [0.5, 0.6) is 0 Å². The molecule has 4 rings (SSSR count). The van der Waals surface area contributed by atoms with E-state index in [2.05, 4.69) is 25.5 Å². The maximum atomic E-state index is 13.3. The molecule has 28 heavy (non-hydrogen) atoms. The summed E-state index contributed by atoms with van der Waals surface area (Å²) in [6.07, 6.45) is 1.48. The molecule has 2 aromatic heterocycles. The molecule has 0 radical (unpaired) electrons. The van der Waals surface area contributed by atoms with Crippen LogP contribution in [0.3, 0.4) is 0 Å². The molecule has 0 atom stereocenters. The highest BCUT2D eigenvalue weighted by atomic mass is 19.1. The van der Waals surface area contributed by atoms with Gasteiger partial charge in [0.15, 0.2) is 5.82 Å². The summed E-state index contributed by atoms with van der Waals surface area (Å²) in [6, 6.07) is 11.5. The van der Waals surface area contributed by atoms with Crippen molar-refractivity contribution < 1.29 is 14.4 Å². The molecule has 0 saturated heterocycles. The number of fused-ring (bicyclic) bond motifs is 1. The van der Waals surface area contributed by atoms with Gasteiger partial charge < -0.3 is 20.3 Å². The normalized spacial score (nSPS) is 11.0. The van der Waals surface area contributed by atoms with Crippen molar-refractivity contribution >= 4 is 29.3 Å². The Morgan fingerprint density at radius 2 is 2.00 bits per heavy atom. The molecule has 0 unspecified atom stereocenters. The zero-order valence-electron chi connectivity index (χ0n) is 15.0. The Balaban J connectivity index is 1.71. The minimum atomic E-state index is -1.63. The van der Waals surface area contributed by atoms with Crippen LogP contribution in [0.25, 0.3) is 22.3 Å². The van der Waals surface area contributed by atoms with Crippen LogP contribution >= 0.6 is 0 Å². The Morgan fingerprint density at radius 1 is 1.18 bits per heavy atom. The van der Waals surface area contributed by atoms with E-state index in [1.807, 2.05) is 19.1 Å². The smallest absolute Gasteiger partial charge is 0.423 e. The second-order valence-electron chi connectivity index (χ2n) is 6.42. The summed E-state index contributed by atoms with van der Waals surface area (Å²) >= 11 is 0. The lowest BCUT2D eigenvalue weighted by atomic mass is 9.77. The van der Waals surface area contributed by atoms with Crippen molar-refractivity contribution in [2.45, 2.75) is 13.5 Å². The average Bonchev–Trinajstić information content (AvgIpc) is 3.02. The Hall–Kier alpha value is -3.30. The van der Waals surface area contributed by atoms with Crippen LogP contribution in [0.1, 0.15) is 11.3 Å². The summed E-state index contributed by atoms with van der Waals surface area (Å²) in [7, 11) is -1.63. The fourth-order valence-corrected chi connectivity index (χ4v) is 3.23. The van der Waals surface area contributed by atoms with Crippen molar-refractivity contribution in [1.82, 2.24) is 20.2 Å². The van der Waals surface area contributed by atoms with E-state index < -0.39 is 7.12 Å². The number of aryl methyl sites for hydroxylation is 1. The molecule has 0 spiro atoms. The van der Waals surface area contributed by atoms with Crippen molar-refractivity contribution in [2.75, 3.05) is 5.32 Å². The van der Waals surface area contributed by atoms with Gasteiger partial charge >= 0.3 is 7.12 Å². The molecule has 0 aliphatic rings. The number of nitrogens with one attached hydrogen (secondary N) is 2. The Morgan fingerprint density at radius 3 is 2.79 bits per heavy atom. The van der Waals surface area contributed by atoms with E-state index in [9.17, 15) is 14.4 Å². The molecule has 2 heterocycles. The van der Waals surface area contributed by atoms with Crippen LogP contribution in [-0.2, 0) is 6.54 Å². The molecular formula is C19H17BFN5O2. The lowest BCUT2D eigenvalue weighted by Gasteiger charge is -2.08. The van der Waals surface area contributed by atoms with E-state index in [0.29, 0.717) is 34.6 Å². The van der Waals surface area contributed by atoms with E-state index in [-0.39, 0.29) is 5.82 Å². The second kappa shape index (κ2) is 7.38. The minimum Gasteiger partial charge on any atom is -0.423 e. The second-order valence-corrected chi connectivity index (χ2v) is 6.42. The lowest BCUT2D eigenvalue weighted by Crippen LogP contribution is -2.30. The number of aromatic nitrogens is 4. The van der Waals surface area contributed by atoms with Gasteiger partial charge in [-0.05, 0) is 36.1 Å². The predicted octanol–water partition coefficient (Wildman–Crippen LogP) is 1.76. The highest BCUT2D eigenvalue weighted by Gasteiger charge is 2.22. The first-order chi connectivity index (χ1) is 13.5. The summed E-state index contributed by atoms with van der Waals surface area (Å²) in [5.74, 6) is 0.524. The van der Waals surface area contributed by atoms with E-state index >= 15 is 0 Å². The van der Waals surface area contributed by atoms with Crippen LogP contribution < -0.4 is 10.8 Å². The standard InChI is InChI=1S/C19H17BFN5O2/c1-11-17(18-14(20(27)28)6-3-7-15(18)24-11)19-25-16(10-23-26-19)22-9-12-4-2-5-13(21)8-12/h2-8,10,24,27-28H,9H2,1H3,(H,22,25,26). The average molecular weight is 377 g/mol. The third-order valence-corrected chi connectivity index (χ3v) is 4.47. The van der Waals surface area contributed by atoms with Crippen molar-refractivity contribution in [3.05, 3.63) is 65.7 Å². The summed E-state index contributed by atoms with van der Waals surface area (Å²) in [5.41, 5.74) is 3.32. The van der Waals surface area contributed by atoms with Gasteiger partial charge in [-0.2, -0.15) is 5.10 Å². The van der Waals surface area contributed by atoms with Gasteiger partial charge in [0.2, 0.25) is 0 Å². The van der Waals surface area contributed by atoms with Crippen molar-refractivity contribution in [2.24, 2.45) is 0 Å². The van der Waals surface area contributed by atoms with Crippen LogP contribution in [0.15, 0.2) is 48.7 Å². The molecular weight excluding hydrogens is 360 g/mol. The molecule has 2 aromatic carbocycles. The number of aromatic amines is 1. The summed E-state index contributed by atoms with van der Waals surface area (Å²) < 4.78 is 13.3. The van der Waals surface area contributed by atoms with Crippen LogP contribution in [0.2, 0.25) is 0 Å². The third kappa shape index (κ3) is 3.45. The molecule has 7 nitrogen and oxygen atoms in total. The van der Waals surface area contributed by atoms with Gasteiger partial charge in [0.25, 0.3) is 0 Å². The SMILES string of the molecule is Cc1[nH]c2cccc(B(O)O)c2c1-c1nncc(NCc2cccc(F)c2)n1. The summed E-state index contributed by atoms with van der Waals surface area (Å²) in [4.78, 5) is 7.71. The molecule has 9 heteroatoms. The first kappa shape index (κ1) is 18.1. The quantitative estimate of drug-likeness (QED) is 0.395. The largest absolute Gasteiger partial charge is 0.489 e. The zero-order valence-corrected chi connectivity index (χ0v) is 15.0. The molecule has 0 fully saturated rings. The number of benzene rings is 2. The van der Waals surface area contributed by atoms with Crippen molar-refractivity contribution in [1.29, 1.82) is 0 Å². The number of halogens is 1. The van der Waals surface area contributed by atoms with Gasteiger partial charge in [-0.3, -0.25) is 0 Å². The van der Waals surface area contributed by atoms with Gasteiger partial charge in [-0.25, -0.2) is 9.37 Å². The zero-order chi connectivity index (χ0) is 19.7. The van der Waals surface area contributed by atoms with Gasteiger partial charge in [-0.1, -0.05) is 24.3 Å². The molecule has 0 saturated carbocycles. The molecule has 0 aliphatic carbocycles. The highest BCUT2D eigenvalue weighted by Crippen LogP contribution is 2.29. The van der Waals surface area contributed by atoms with Crippen LogP contribution in [-0.4, -0.2) is 37.3 Å². The van der Waals surface area contributed by atoms with Gasteiger partial charge in [-0.15, -0.1) is 5.10 Å². The number of anilines is 1. The number of H-pyrrole nitrogens is 1. The Labute approximate surface area is 160 Å². The van der Waals surface area contributed by atoms with Gasteiger partial charge in [0.05, 0.1) is 6.20 Å². The molecule has 0 amide bonds. The van der Waals surface area contributed by atoms with E-state index in [1.165, 1.54) is 18.3 Å². The molecule has 0 bridgehead atoms. The van der Waals surface area contributed by atoms with E-state index in [4.69, 9.17) is 0 Å². The topological polar surface area (TPSA) is 107 Å². The van der Waals surface area contributed by atoms with Crippen molar-refractivity contribution in [3.8, 4) is 11.4 Å². The molecule has 0 aliphatic heterocycles. The number of rotatable bonds is 5. The predicted molar refractivity (Wildman–Crippen MR) is 105 cm³/mol. The monoisotopic (exact) mass is 377 g/mol. The third-order valence-electron chi connectivity index (χ3n) is 4.47. The lowest BCUT2D eigenvalue weighted by molar-refractivity contribution is 0.426. The first-order valence-corrected chi connectivity index (χ1v) is 8.68. The number of hydrogen-bond acceptors (Lipinski definition) is 6. The van der Waals surface area contributed by atoms with E-state index in [1.54, 1.807) is 18.2 Å². The maximum Gasteiger partial charge on any atom is 0.489 e. The van der Waals surface area contributed by atoms with Gasteiger partial charge in [0.1, 0.15) is 11.6 Å². The fraction of sp³-hybridized carbons (Fsp3) is 0.105. The molecule has 4 N–H and O–H groups in total. The Bertz CT molecular complexity index is 1150. The van der Waals surface area contributed by atoms with Gasteiger partial charge in [0, 0.05) is 28.7 Å². The first-order valence-electron chi connectivity index (χ1n) is 8.68. The van der Waals surface area contributed by atoms with E-state index in [0.717, 1.165) is 16.8 Å². The maximum absolute atomic E-state index is 13.3. The fourth-order valence-electron chi connectivity index (χ4n) is 3.23. The number of nitrogens with zero attached hydrogens (tertiary/aromatic N) is 3. The Kier molecular flexibility index (Phi) is 4.76. The highest BCUT2D eigenvalue weighted by molar-refractivity contribution is 6.62. The number of hydrogen-bond donors (Lipinski definition) is 4. The molecule has 140 valence electrons. The van der Waals surface area contributed by atoms with Crippen LogP contribution in [0.4, 0.5) is 10.2 Å². The van der Waals surface area contributed by atoms with Crippen LogP contribution in [0, 0.1) is 12.7 Å². The summed E-state index contributed by atoms with van der Waals surface area (Å²) in [5, 5.41) is 31.3. The molecule has 4 aromatic rings. The van der Waals surface area contributed by atoms with Crippen molar-refractivity contribution in [3.63, 3.8) is 0 Å². The summed E-state index contributed by atoms with van der Waals surface area (Å²) in [6.45, 7) is 2.24.